The molecule has 0 bridgehead atoms. The lowest BCUT2D eigenvalue weighted by molar-refractivity contribution is -0.148. The van der Waals surface area contributed by atoms with Gasteiger partial charge in [-0.25, -0.2) is 8.42 Å². The summed E-state index contributed by atoms with van der Waals surface area (Å²) in [7, 11) is -5.43. The standard InChI is InChI=1S/C9H14F3NO4S/c1-2-3-8(7(14)15)4-5-13(6-8)18(16,17)9(10,11)12/h2-6H2,1H3,(H,14,15). The van der Waals surface area contributed by atoms with Gasteiger partial charge in [-0.3, -0.25) is 4.79 Å². The van der Waals surface area contributed by atoms with E-state index in [0.717, 1.165) is 0 Å². The number of nitrogens with zero attached hydrogens (tertiary/aromatic N) is 1. The van der Waals surface area contributed by atoms with Gasteiger partial charge in [0.15, 0.2) is 0 Å². The van der Waals surface area contributed by atoms with Gasteiger partial charge >= 0.3 is 21.5 Å². The molecule has 0 amide bonds. The van der Waals surface area contributed by atoms with E-state index in [-0.39, 0.29) is 17.1 Å². The first-order valence-corrected chi connectivity index (χ1v) is 6.80. The van der Waals surface area contributed by atoms with Crippen LogP contribution in [0.1, 0.15) is 26.2 Å². The van der Waals surface area contributed by atoms with Crippen molar-refractivity contribution in [2.24, 2.45) is 5.41 Å². The number of hydrogen-bond donors (Lipinski definition) is 1. The molecule has 0 aliphatic carbocycles. The van der Waals surface area contributed by atoms with Crippen LogP contribution in [0.25, 0.3) is 0 Å². The number of halogens is 3. The van der Waals surface area contributed by atoms with Gasteiger partial charge < -0.3 is 5.11 Å². The topological polar surface area (TPSA) is 74.7 Å². The van der Waals surface area contributed by atoms with Crippen molar-refractivity contribution in [1.29, 1.82) is 0 Å². The molecule has 0 radical (unpaired) electrons. The molecule has 0 aromatic heterocycles. The molecular formula is C9H14F3NO4S. The van der Waals surface area contributed by atoms with Gasteiger partial charge in [0, 0.05) is 13.1 Å². The molecule has 0 saturated carbocycles. The summed E-state index contributed by atoms with van der Waals surface area (Å²) in [6, 6.07) is 0. The van der Waals surface area contributed by atoms with E-state index >= 15 is 0 Å². The van der Waals surface area contributed by atoms with Crippen LogP contribution in [0.15, 0.2) is 0 Å². The highest BCUT2D eigenvalue weighted by Crippen LogP contribution is 2.39. The lowest BCUT2D eigenvalue weighted by Crippen LogP contribution is -2.42. The molecule has 1 fully saturated rings. The van der Waals surface area contributed by atoms with Gasteiger partial charge in [-0.2, -0.15) is 17.5 Å². The van der Waals surface area contributed by atoms with Gasteiger partial charge in [0.25, 0.3) is 0 Å². The largest absolute Gasteiger partial charge is 0.511 e. The van der Waals surface area contributed by atoms with Gasteiger partial charge in [-0.1, -0.05) is 13.3 Å². The maximum atomic E-state index is 12.3. The van der Waals surface area contributed by atoms with E-state index in [4.69, 9.17) is 5.11 Å². The van der Waals surface area contributed by atoms with Crippen LogP contribution >= 0.6 is 0 Å². The fourth-order valence-corrected chi connectivity index (χ4v) is 3.19. The molecule has 1 unspecified atom stereocenters. The van der Waals surface area contributed by atoms with Gasteiger partial charge in [0.2, 0.25) is 0 Å². The highest BCUT2D eigenvalue weighted by atomic mass is 32.2. The zero-order valence-corrected chi connectivity index (χ0v) is 10.5. The average Bonchev–Trinajstić information content (AvgIpc) is 2.62. The molecule has 1 saturated heterocycles. The Balaban J connectivity index is 2.99. The second kappa shape index (κ2) is 4.69. The Kier molecular flexibility index (Phi) is 3.97. The molecule has 1 aliphatic heterocycles. The normalized spacial score (nSPS) is 26.4. The number of carboxylic acid groups (broad SMARTS) is 1. The summed E-state index contributed by atoms with van der Waals surface area (Å²) < 4.78 is 59.6. The van der Waals surface area contributed by atoms with Crippen LogP contribution in [0.3, 0.4) is 0 Å². The predicted molar refractivity (Wildman–Crippen MR) is 56.1 cm³/mol. The minimum atomic E-state index is -5.43. The molecule has 1 N–H and O–H groups in total. The number of alkyl halides is 3. The van der Waals surface area contributed by atoms with Gasteiger partial charge in [-0.15, -0.1) is 0 Å². The van der Waals surface area contributed by atoms with Gasteiger partial charge in [0.1, 0.15) is 0 Å². The maximum Gasteiger partial charge on any atom is 0.511 e. The van der Waals surface area contributed by atoms with E-state index in [2.05, 4.69) is 0 Å². The summed E-state index contributed by atoms with van der Waals surface area (Å²) in [5.41, 5.74) is -6.78. The van der Waals surface area contributed by atoms with Gasteiger partial charge in [0.05, 0.1) is 5.41 Å². The highest BCUT2D eigenvalue weighted by molar-refractivity contribution is 7.90. The Hall–Kier alpha value is -0.830. The Morgan fingerprint density at radius 3 is 2.39 bits per heavy atom. The molecule has 106 valence electrons. The Morgan fingerprint density at radius 2 is 2.00 bits per heavy atom. The number of hydrogen-bond acceptors (Lipinski definition) is 3. The minimum Gasteiger partial charge on any atom is -0.481 e. The number of sulfonamides is 1. The minimum absolute atomic E-state index is 0.0918. The molecule has 0 aromatic rings. The predicted octanol–water partition coefficient (Wildman–Crippen LogP) is 1.41. The molecular weight excluding hydrogens is 275 g/mol. The Labute approximate surface area is 103 Å². The zero-order valence-electron chi connectivity index (χ0n) is 9.70. The first kappa shape index (κ1) is 15.2. The molecule has 1 aliphatic rings. The molecule has 0 aromatic carbocycles. The maximum absolute atomic E-state index is 12.3. The first-order valence-electron chi connectivity index (χ1n) is 5.36. The Bertz CT molecular complexity index is 434. The lowest BCUT2D eigenvalue weighted by atomic mass is 9.83. The van der Waals surface area contributed by atoms with Crippen LogP contribution in [-0.4, -0.2) is 42.4 Å². The molecule has 1 rings (SSSR count). The first-order chi connectivity index (χ1) is 8.07. The van der Waals surface area contributed by atoms with E-state index in [9.17, 15) is 26.4 Å². The number of aliphatic carboxylic acids is 1. The van der Waals surface area contributed by atoms with E-state index in [0.29, 0.717) is 6.42 Å². The summed E-state index contributed by atoms with van der Waals surface area (Å²) in [5.74, 6) is -1.25. The summed E-state index contributed by atoms with van der Waals surface area (Å²) in [4.78, 5) is 11.1. The summed E-state index contributed by atoms with van der Waals surface area (Å²) >= 11 is 0. The van der Waals surface area contributed by atoms with Crippen molar-refractivity contribution in [3.05, 3.63) is 0 Å². The smallest absolute Gasteiger partial charge is 0.481 e. The number of rotatable bonds is 4. The zero-order chi connectivity index (χ0) is 14.2. The molecule has 1 heterocycles. The van der Waals surface area contributed by atoms with E-state index in [1.54, 1.807) is 6.92 Å². The van der Waals surface area contributed by atoms with E-state index < -0.39 is 40.0 Å². The van der Waals surface area contributed by atoms with E-state index in [1.807, 2.05) is 0 Å². The third kappa shape index (κ3) is 2.46. The monoisotopic (exact) mass is 289 g/mol. The van der Waals surface area contributed by atoms with Crippen LogP contribution < -0.4 is 0 Å². The number of carboxylic acids is 1. The van der Waals surface area contributed by atoms with Crippen LogP contribution in [-0.2, 0) is 14.8 Å². The fourth-order valence-electron chi connectivity index (χ4n) is 2.15. The average molecular weight is 289 g/mol. The molecule has 1 atom stereocenters. The summed E-state index contributed by atoms with van der Waals surface area (Å²) in [6.45, 7) is 0.678. The highest BCUT2D eigenvalue weighted by Gasteiger charge is 2.56. The second-order valence-corrected chi connectivity index (χ2v) is 6.30. The molecule has 9 heteroatoms. The van der Waals surface area contributed by atoms with Crippen LogP contribution in [0, 0.1) is 5.41 Å². The second-order valence-electron chi connectivity index (χ2n) is 4.37. The van der Waals surface area contributed by atoms with Crippen LogP contribution in [0.2, 0.25) is 0 Å². The van der Waals surface area contributed by atoms with Crippen molar-refractivity contribution >= 4 is 16.0 Å². The van der Waals surface area contributed by atoms with Crippen molar-refractivity contribution in [1.82, 2.24) is 4.31 Å². The van der Waals surface area contributed by atoms with Crippen molar-refractivity contribution in [3.63, 3.8) is 0 Å². The van der Waals surface area contributed by atoms with Crippen LogP contribution in [0.5, 0.6) is 0 Å². The SMILES string of the molecule is CCCC1(C(=O)O)CCN(S(=O)(=O)C(F)(F)F)C1. The van der Waals surface area contributed by atoms with Crippen molar-refractivity contribution in [2.45, 2.75) is 31.7 Å². The third-order valence-corrected chi connectivity index (χ3v) is 4.71. The molecule has 0 spiro atoms. The quantitative estimate of drug-likeness (QED) is 0.849. The van der Waals surface area contributed by atoms with E-state index in [1.165, 1.54) is 0 Å². The number of carbonyl (C=O) groups is 1. The van der Waals surface area contributed by atoms with Gasteiger partial charge in [-0.05, 0) is 12.8 Å². The molecule has 18 heavy (non-hydrogen) atoms. The third-order valence-electron chi connectivity index (χ3n) is 3.13. The molecule has 5 nitrogen and oxygen atoms in total. The van der Waals surface area contributed by atoms with Crippen molar-refractivity contribution in [3.8, 4) is 0 Å². The summed E-state index contributed by atoms with van der Waals surface area (Å²) in [5, 5.41) is 9.08. The lowest BCUT2D eigenvalue weighted by Gasteiger charge is -2.24. The summed E-state index contributed by atoms with van der Waals surface area (Å²) in [6.07, 6.45) is 0.532. The fraction of sp³-hybridized carbons (Fsp3) is 0.889. The Morgan fingerprint density at radius 1 is 1.44 bits per heavy atom. The van der Waals surface area contributed by atoms with Crippen LogP contribution in [0.4, 0.5) is 13.2 Å². The van der Waals surface area contributed by atoms with Crippen molar-refractivity contribution in [2.75, 3.05) is 13.1 Å². The van der Waals surface area contributed by atoms with Crippen molar-refractivity contribution < 1.29 is 31.5 Å².